The van der Waals surface area contributed by atoms with Gasteiger partial charge in [0.15, 0.2) is 0 Å². The number of sulfonamides is 1. The SMILES string of the molecule is Cc1ccc(S(=O)(=O)N[C@@H](C[C@@H](N[S@@](=O)C(C)(C)C)c2ccccc2)c2ccc(Cl)cc2)cc1. The molecule has 0 aliphatic carbocycles. The van der Waals surface area contributed by atoms with Gasteiger partial charge in [-0.05, 0) is 69.5 Å². The fourth-order valence-corrected chi connectivity index (χ4v) is 5.61. The number of nitrogens with one attached hydrogen (secondary N) is 2. The Kier molecular flexibility index (Phi) is 8.71. The summed E-state index contributed by atoms with van der Waals surface area (Å²) in [6.45, 7) is 7.60. The fourth-order valence-electron chi connectivity index (χ4n) is 3.40. The second-order valence-electron chi connectivity index (χ2n) is 9.24. The van der Waals surface area contributed by atoms with E-state index in [1.807, 2.05) is 70.2 Å². The molecule has 3 aromatic rings. The van der Waals surface area contributed by atoms with Crippen molar-refractivity contribution in [3.05, 3.63) is 101 Å². The van der Waals surface area contributed by atoms with Crippen LogP contribution in [0.4, 0.5) is 0 Å². The summed E-state index contributed by atoms with van der Waals surface area (Å²) < 4.78 is 45.2. The molecular formula is C26H31ClN2O3S2. The first-order valence-corrected chi connectivity index (χ1v) is 14.0. The van der Waals surface area contributed by atoms with E-state index >= 15 is 0 Å². The highest BCUT2D eigenvalue weighted by Crippen LogP contribution is 2.30. The van der Waals surface area contributed by atoms with Gasteiger partial charge in [0.25, 0.3) is 0 Å². The molecule has 0 spiro atoms. The molecule has 0 aliphatic rings. The maximum atomic E-state index is 13.3. The molecule has 0 fully saturated rings. The van der Waals surface area contributed by atoms with Crippen LogP contribution in [0.15, 0.2) is 83.8 Å². The lowest BCUT2D eigenvalue weighted by Crippen LogP contribution is -2.38. The lowest BCUT2D eigenvalue weighted by Gasteiger charge is -2.28. The van der Waals surface area contributed by atoms with Gasteiger partial charge in [0.05, 0.1) is 20.6 Å². The molecule has 3 atom stereocenters. The fraction of sp³-hybridized carbons (Fsp3) is 0.308. The second-order valence-corrected chi connectivity index (χ2v) is 13.4. The van der Waals surface area contributed by atoms with E-state index in [-0.39, 0.29) is 10.9 Å². The number of hydrogen-bond acceptors (Lipinski definition) is 3. The van der Waals surface area contributed by atoms with Crippen LogP contribution in [0.1, 0.15) is 56.0 Å². The van der Waals surface area contributed by atoms with Crippen molar-refractivity contribution in [3.8, 4) is 0 Å². The molecule has 0 bridgehead atoms. The highest BCUT2D eigenvalue weighted by atomic mass is 35.5. The first-order valence-electron chi connectivity index (χ1n) is 11.0. The molecule has 3 rings (SSSR count). The topological polar surface area (TPSA) is 75.3 Å². The van der Waals surface area contributed by atoms with Crippen molar-refractivity contribution in [2.75, 3.05) is 0 Å². The minimum absolute atomic E-state index is 0.194. The van der Waals surface area contributed by atoms with Gasteiger partial charge in [0.2, 0.25) is 10.0 Å². The normalized spacial score (nSPS) is 15.0. The van der Waals surface area contributed by atoms with Crippen LogP contribution in [0.5, 0.6) is 0 Å². The van der Waals surface area contributed by atoms with Crippen LogP contribution in [0.2, 0.25) is 5.02 Å². The van der Waals surface area contributed by atoms with E-state index in [1.54, 1.807) is 36.4 Å². The lowest BCUT2D eigenvalue weighted by atomic mass is 9.96. The van der Waals surface area contributed by atoms with Crippen LogP contribution in [0, 0.1) is 6.92 Å². The van der Waals surface area contributed by atoms with E-state index in [0.29, 0.717) is 11.4 Å². The first kappa shape index (κ1) is 26.6. The van der Waals surface area contributed by atoms with Gasteiger partial charge in [-0.1, -0.05) is 71.8 Å². The Morgan fingerprint density at radius 1 is 0.853 bits per heavy atom. The van der Waals surface area contributed by atoms with Crippen LogP contribution >= 0.6 is 11.6 Å². The maximum absolute atomic E-state index is 13.3. The molecule has 0 unspecified atom stereocenters. The number of aryl methyl sites for hydroxylation is 1. The van der Waals surface area contributed by atoms with E-state index in [0.717, 1.165) is 16.7 Å². The minimum atomic E-state index is -3.81. The highest BCUT2D eigenvalue weighted by Gasteiger charge is 2.29. The Hall–Kier alpha value is -2.03. The molecular weight excluding hydrogens is 488 g/mol. The van der Waals surface area contributed by atoms with Gasteiger partial charge in [-0.3, -0.25) is 0 Å². The van der Waals surface area contributed by atoms with Crippen LogP contribution in [-0.2, 0) is 21.0 Å². The molecule has 34 heavy (non-hydrogen) atoms. The smallest absolute Gasteiger partial charge is 0.241 e. The van der Waals surface area contributed by atoms with E-state index in [2.05, 4.69) is 9.44 Å². The van der Waals surface area contributed by atoms with E-state index in [9.17, 15) is 12.6 Å². The number of halogens is 1. The first-order chi connectivity index (χ1) is 16.0. The number of benzene rings is 3. The zero-order valence-electron chi connectivity index (χ0n) is 19.8. The predicted octanol–water partition coefficient (Wildman–Crippen LogP) is 5.85. The standard InChI is InChI=1S/C26H31ClN2O3S2/c1-19-10-16-23(17-11-19)34(31,32)29-25(21-12-14-22(27)15-13-21)18-24(20-8-6-5-7-9-20)28-33(30)26(2,3)4/h5-17,24-25,28-29H,18H2,1-4H3/t24-,25+,33+/m1/s1. The average molecular weight is 519 g/mol. The Morgan fingerprint density at radius 2 is 1.41 bits per heavy atom. The molecule has 8 heteroatoms. The van der Waals surface area contributed by atoms with Crippen molar-refractivity contribution in [2.24, 2.45) is 0 Å². The third-order valence-corrected chi connectivity index (χ3v) is 8.73. The third kappa shape index (κ3) is 7.23. The van der Waals surface area contributed by atoms with Crippen LogP contribution in [0.25, 0.3) is 0 Å². The quantitative estimate of drug-likeness (QED) is 0.373. The zero-order valence-corrected chi connectivity index (χ0v) is 22.2. The largest absolute Gasteiger partial charge is 0.242 e. The summed E-state index contributed by atoms with van der Waals surface area (Å²) in [5.41, 5.74) is 2.67. The number of hydrogen-bond donors (Lipinski definition) is 2. The van der Waals surface area contributed by atoms with Crippen molar-refractivity contribution >= 4 is 32.6 Å². The summed E-state index contributed by atoms with van der Waals surface area (Å²) in [5, 5.41) is 0.565. The molecule has 0 aliphatic heterocycles. The Bertz CT molecular complexity index is 1210. The molecule has 0 amide bonds. The monoisotopic (exact) mass is 518 g/mol. The van der Waals surface area contributed by atoms with Gasteiger partial charge in [-0.2, -0.15) is 0 Å². The molecule has 0 saturated heterocycles. The van der Waals surface area contributed by atoms with Crippen molar-refractivity contribution in [1.82, 2.24) is 9.44 Å². The summed E-state index contributed by atoms with van der Waals surface area (Å²) in [6.07, 6.45) is 0.346. The Balaban J connectivity index is 1.99. The zero-order chi connectivity index (χ0) is 24.9. The van der Waals surface area contributed by atoms with Gasteiger partial charge in [-0.25, -0.2) is 22.1 Å². The minimum Gasteiger partial charge on any atom is -0.242 e. The summed E-state index contributed by atoms with van der Waals surface area (Å²) >= 11 is 6.09. The van der Waals surface area contributed by atoms with E-state index in [1.165, 1.54) is 0 Å². The van der Waals surface area contributed by atoms with Crippen LogP contribution in [0.3, 0.4) is 0 Å². The molecule has 0 radical (unpaired) electrons. The summed E-state index contributed by atoms with van der Waals surface area (Å²) in [6, 6.07) is 22.5. The van der Waals surface area contributed by atoms with Crippen molar-refractivity contribution in [3.63, 3.8) is 0 Å². The van der Waals surface area contributed by atoms with Gasteiger partial charge in [0.1, 0.15) is 0 Å². The molecule has 0 aromatic heterocycles. The molecule has 0 saturated carbocycles. The second kappa shape index (κ2) is 11.1. The van der Waals surface area contributed by atoms with Gasteiger partial charge >= 0.3 is 0 Å². The number of rotatable bonds is 9. The predicted molar refractivity (Wildman–Crippen MR) is 141 cm³/mol. The molecule has 5 nitrogen and oxygen atoms in total. The third-order valence-electron chi connectivity index (χ3n) is 5.38. The van der Waals surface area contributed by atoms with Gasteiger partial charge in [-0.15, -0.1) is 0 Å². The van der Waals surface area contributed by atoms with Crippen molar-refractivity contribution in [1.29, 1.82) is 0 Å². The van der Waals surface area contributed by atoms with Gasteiger partial charge < -0.3 is 0 Å². The lowest BCUT2D eigenvalue weighted by molar-refractivity contribution is 0.481. The van der Waals surface area contributed by atoms with Crippen LogP contribution < -0.4 is 9.44 Å². The summed E-state index contributed by atoms with van der Waals surface area (Å²) in [4.78, 5) is 0.194. The summed E-state index contributed by atoms with van der Waals surface area (Å²) in [5.74, 6) is 0. The van der Waals surface area contributed by atoms with Crippen molar-refractivity contribution < 1.29 is 12.6 Å². The van der Waals surface area contributed by atoms with Crippen LogP contribution in [-0.4, -0.2) is 17.4 Å². The molecule has 182 valence electrons. The van der Waals surface area contributed by atoms with Crippen molar-refractivity contribution in [2.45, 2.75) is 55.8 Å². The molecule has 3 aromatic carbocycles. The maximum Gasteiger partial charge on any atom is 0.241 e. The van der Waals surface area contributed by atoms with E-state index in [4.69, 9.17) is 11.6 Å². The Labute approximate surface area is 210 Å². The highest BCUT2D eigenvalue weighted by molar-refractivity contribution is 7.89. The molecule has 2 N–H and O–H groups in total. The average Bonchev–Trinajstić information content (AvgIpc) is 2.78. The molecule has 0 heterocycles. The van der Waals surface area contributed by atoms with Gasteiger partial charge in [0, 0.05) is 17.1 Å². The summed E-state index contributed by atoms with van der Waals surface area (Å²) in [7, 11) is -5.16. The Morgan fingerprint density at radius 3 is 1.97 bits per heavy atom. The van der Waals surface area contributed by atoms with E-state index < -0.39 is 31.8 Å².